The van der Waals surface area contributed by atoms with Gasteiger partial charge in [-0.05, 0) is 38.2 Å². The molecule has 0 fully saturated rings. The van der Waals surface area contributed by atoms with Crippen LogP contribution < -0.4 is 10.6 Å². The number of rotatable bonds is 7. The number of carbonyl (C=O) groups excluding carboxylic acids is 2. The number of nitrogens with zero attached hydrogens (tertiary/aromatic N) is 1. The Morgan fingerprint density at radius 1 is 1.00 bits per heavy atom. The van der Waals surface area contributed by atoms with E-state index in [-0.39, 0.29) is 5.75 Å². The summed E-state index contributed by atoms with van der Waals surface area (Å²) in [6.07, 6.45) is 0.794. The van der Waals surface area contributed by atoms with Gasteiger partial charge in [0.15, 0.2) is 0 Å². The van der Waals surface area contributed by atoms with Gasteiger partial charge in [-0.2, -0.15) is 0 Å². The Kier molecular flexibility index (Phi) is 6.77. The Bertz CT molecular complexity index is 742. The normalized spacial score (nSPS) is 10.8. The van der Waals surface area contributed by atoms with Crippen molar-refractivity contribution in [2.75, 3.05) is 31.5 Å². The van der Waals surface area contributed by atoms with Crippen LogP contribution in [0.1, 0.15) is 20.3 Å². The third kappa shape index (κ3) is 4.93. The van der Waals surface area contributed by atoms with Crippen LogP contribution in [0.25, 0.3) is 10.8 Å². The second-order valence-electron chi connectivity index (χ2n) is 5.77. The van der Waals surface area contributed by atoms with Crippen LogP contribution >= 0.6 is 0 Å². The van der Waals surface area contributed by atoms with E-state index in [0.717, 1.165) is 26.1 Å². The first-order valence-corrected chi connectivity index (χ1v) is 8.59. The maximum Gasteiger partial charge on any atom is 0.313 e. The summed E-state index contributed by atoms with van der Waals surface area (Å²) in [6, 6.07) is 10.2. The van der Waals surface area contributed by atoms with Gasteiger partial charge in [0.25, 0.3) is 0 Å². The second kappa shape index (κ2) is 9.03. The first-order chi connectivity index (χ1) is 12.1. The van der Waals surface area contributed by atoms with Crippen LogP contribution in [0.15, 0.2) is 36.4 Å². The van der Waals surface area contributed by atoms with E-state index in [1.165, 1.54) is 0 Å². The summed E-state index contributed by atoms with van der Waals surface area (Å²) in [5.41, 5.74) is 0.497. The molecule has 0 bridgehead atoms. The maximum atomic E-state index is 12.1. The molecule has 3 N–H and O–H groups in total. The van der Waals surface area contributed by atoms with Gasteiger partial charge in [0.1, 0.15) is 5.75 Å². The Morgan fingerprint density at radius 2 is 1.68 bits per heavy atom. The number of benzene rings is 2. The van der Waals surface area contributed by atoms with Crippen LogP contribution in [0, 0.1) is 0 Å². The number of amides is 2. The van der Waals surface area contributed by atoms with Gasteiger partial charge < -0.3 is 20.6 Å². The van der Waals surface area contributed by atoms with Gasteiger partial charge >= 0.3 is 11.8 Å². The minimum Gasteiger partial charge on any atom is -0.507 e. The molecule has 2 rings (SSSR count). The molecular formula is C19H25N3O3. The summed E-state index contributed by atoms with van der Waals surface area (Å²) >= 11 is 0. The summed E-state index contributed by atoms with van der Waals surface area (Å²) in [6.45, 7) is 7.48. The molecule has 0 saturated heterocycles. The number of nitrogens with one attached hydrogen (secondary N) is 2. The predicted molar refractivity (Wildman–Crippen MR) is 99.7 cm³/mol. The fourth-order valence-corrected chi connectivity index (χ4v) is 2.71. The molecule has 0 atom stereocenters. The van der Waals surface area contributed by atoms with E-state index in [1.807, 2.05) is 0 Å². The standard InChI is InChI=1S/C19H25N3O3/c1-3-22(4-2)13-7-12-20-18(24)19(25)21-16-10-5-9-15-14(16)8-6-11-17(15)23/h5-6,8-11,23H,3-4,7,12-13H2,1-2H3,(H,20,24)(H,21,25). The number of carbonyl (C=O) groups is 2. The number of phenols is 1. The molecule has 0 aliphatic heterocycles. The van der Waals surface area contributed by atoms with Gasteiger partial charge in [-0.3, -0.25) is 9.59 Å². The third-order valence-corrected chi connectivity index (χ3v) is 4.18. The molecule has 134 valence electrons. The number of aromatic hydroxyl groups is 1. The maximum absolute atomic E-state index is 12.1. The highest BCUT2D eigenvalue weighted by molar-refractivity contribution is 6.40. The second-order valence-corrected chi connectivity index (χ2v) is 5.77. The average molecular weight is 343 g/mol. The van der Waals surface area contributed by atoms with E-state index in [1.54, 1.807) is 36.4 Å². The monoisotopic (exact) mass is 343 g/mol. The highest BCUT2D eigenvalue weighted by atomic mass is 16.3. The highest BCUT2D eigenvalue weighted by Crippen LogP contribution is 2.29. The zero-order valence-electron chi connectivity index (χ0n) is 14.7. The molecule has 25 heavy (non-hydrogen) atoms. The molecule has 0 radical (unpaired) electrons. The Labute approximate surface area is 147 Å². The molecular weight excluding hydrogens is 318 g/mol. The van der Waals surface area contributed by atoms with E-state index in [4.69, 9.17) is 0 Å². The number of anilines is 1. The largest absolute Gasteiger partial charge is 0.507 e. The minimum atomic E-state index is -0.710. The lowest BCUT2D eigenvalue weighted by Gasteiger charge is -2.17. The van der Waals surface area contributed by atoms with Crippen molar-refractivity contribution < 1.29 is 14.7 Å². The summed E-state index contributed by atoms with van der Waals surface area (Å²) in [4.78, 5) is 26.3. The Morgan fingerprint density at radius 3 is 2.40 bits per heavy atom. The number of fused-ring (bicyclic) bond motifs is 1. The topological polar surface area (TPSA) is 81.7 Å². The van der Waals surface area contributed by atoms with Crippen LogP contribution in [0.5, 0.6) is 5.75 Å². The van der Waals surface area contributed by atoms with Gasteiger partial charge in [0, 0.05) is 23.0 Å². The predicted octanol–water partition coefficient (Wildman–Crippen LogP) is 2.33. The van der Waals surface area contributed by atoms with Crippen molar-refractivity contribution in [2.24, 2.45) is 0 Å². The van der Waals surface area contributed by atoms with Gasteiger partial charge in [-0.25, -0.2) is 0 Å². The summed E-state index contributed by atoms with van der Waals surface area (Å²) in [5, 5.41) is 16.4. The van der Waals surface area contributed by atoms with Crippen LogP contribution in [0.4, 0.5) is 5.69 Å². The number of phenolic OH excluding ortho intramolecular Hbond substituents is 1. The lowest BCUT2D eigenvalue weighted by molar-refractivity contribution is -0.136. The molecule has 0 aliphatic rings. The van der Waals surface area contributed by atoms with E-state index < -0.39 is 11.8 Å². The molecule has 0 aromatic heterocycles. The molecule has 2 amide bonds. The molecule has 0 saturated carbocycles. The smallest absolute Gasteiger partial charge is 0.313 e. The summed E-state index contributed by atoms with van der Waals surface area (Å²) in [5.74, 6) is -1.23. The van der Waals surface area contributed by atoms with E-state index in [9.17, 15) is 14.7 Å². The van der Waals surface area contributed by atoms with E-state index in [2.05, 4.69) is 29.4 Å². The molecule has 6 heteroatoms. The lowest BCUT2D eigenvalue weighted by Crippen LogP contribution is -2.37. The zero-order chi connectivity index (χ0) is 18.2. The van der Waals surface area contributed by atoms with Crippen LogP contribution in [0.3, 0.4) is 0 Å². The highest BCUT2D eigenvalue weighted by Gasteiger charge is 2.15. The van der Waals surface area contributed by atoms with Crippen molar-refractivity contribution in [3.05, 3.63) is 36.4 Å². The van der Waals surface area contributed by atoms with Crippen LogP contribution in [0.2, 0.25) is 0 Å². The van der Waals surface area contributed by atoms with Crippen molar-refractivity contribution in [3.63, 3.8) is 0 Å². The summed E-state index contributed by atoms with van der Waals surface area (Å²) < 4.78 is 0. The zero-order valence-corrected chi connectivity index (χ0v) is 14.7. The fourth-order valence-electron chi connectivity index (χ4n) is 2.71. The van der Waals surface area contributed by atoms with Gasteiger partial charge in [0.05, 0.1) is 0 Å². The molecule has 2 aromatic carbocycles. The first kappa shape index (κ1) is 18.7. The Hall–Kier alpha value is -2.60. The fraction of sp³-hybridized carbons (Fsp3) is 0.368. The first-order valence-electron chi connectivity index (χ1n) is 8.59. The van der Waals surface area contributed by atoms with Crippen molar-refractivity contribution in [1.82, 2.24) is 10.2 Å². The molecule has 6 nitrogen and oxygen atoms in total. The molecule has 0 unspecified atom stereocenters. The average Bonchev–Trinajstić information content (AvgIpc) is 2.62. The van der Waals surface area contributed by atoms with Crippen molar-refractivity contribution in [2.45, 2.75) is 20.3 Å². The summed E-state index contributed by atoms with van der Waals surface area (Å²) in [7, 11) is 0. The minimum absolute atomic E-state index is 0.134. The van der Waals surface area contributed by atoms with Gasteiger partial charge in [-0.15, -0.1) is 0 Å². The van der Waals surface area contributed by atoms with Crippen molar-refractivity contribution in [1.29, 1.82) is 0 Å². The van der Waals surface area contributed by atoms with Gasteiger partial charge in [-0.1, -0.05) is 38.1 Å². The van der Waals surface area contributed by atoms with Crippen molar-refractivity contribution in [3.8, 4) is 5.75 Å². The van der Waals surface area contributed by atoms with E-state index in [0.29, 0.717) is 23.0 Å². The molecule has 0 heterocycles. The lowest BCUT2D eigenvalue weighted by atomic mass is 10.1. The molecule has 2 aromatic rings. The quantitative estimate of drug-likeness (QED) is 0.532. The van der Waals surface area contributed by atoms with E-state index >= 15 is 0 Å². The number of hydrogen-bond donors (Lipinski definition) is 3. The SMILES string of the molecule is CCN(CC)CCCNC(=O)C(=O)Nc1cccc2c(O)cccc12. The molecule has 0 aliphatic carbocycles. The van der Waals surface area contributed by atoms with Crippen molar-refractivity contribution >= 4 is 28.3 Å². The van der Waals surface area contributed by atoms with Crippen LogP contribution in [-0.2, 0) is 9.59 Å². The van der Waals surface area contributed by atoms with Crippen LogP contribution in [-0.4, -0.2) is 48.0 Å². The third-order valence-electron chi connectivity index (χ3n) is 4.18. The van der Waals surface area contributed by atoms with Gasteiger partial charge in [0.2, 0.25) is 0 Å². The Balaban J connectivity index is 1.92. The molecule has 0 spiro atoms. The number of hydrogen-bond acceptors (Lipinski definition) is 4.